The van der Waals surface area contributed by atoms with Gasteiger partial charge in [0.2, 0.25) is 0 Å². The molecule has 3 aromatic rings. The van der Waals surface area contributed by atoms with Crippen molar-refractivity contribution in [1.29, 1.82) is 0 Å². The number of pyridine rings is 1. The van der Waals surface area contributed by atoms with E-state index in [1.807, 2.05) is 6.20 Å². The molecule has 11 heteroatoms. The van der Waals surface area contributed by atoms with Crippen LogP contribution < -0.4 is 20.3 Å². The van der Waals surface area contributed by atoms with Crippen molar-refractivity contribution in [3.05, 3.63) is 76.9 Å². The van der Waals surface area contributed by atoms with Crippen molar-refractivity contribution >= 4 is 23.3 Å². The summed E-state index contributed by atoms with van der Waals surface area (Å²) in [6.07, 6.45) is -1.18. The predicted octanol–water partition coefficient (Wildman–Crippen LogP) is 5.88. The molecule has 2 aliphatic heterocycles. The van der Waals surface area contributed by atoms with E-state index >= 15 is 0 Å². The van der Waals surface area contributed by atoms with E-state index in [1.165, 1.54) is 29.8 Å². The number of nitrogens with zero attached hydrogens (tertiary/aromatic N) is 3. The second-order valence-corrected chi connectivity index (χ2v) is 11.5. The van der Waals surface area contributed by atoms with Crippen molar-refractivity contribution < 1.29 is 22.7 Å². The lowest BCUT2D eigenvalue weighted by atomic mass is 10.0. The Labute approximate surface area is 249 Å². The highest BCUT2D eigenvalue weighted by Crippen LogP contribution is 2.33. The van der Waals surface area contributed by atoms with Gasteiger partial charge in [-0.1, -0.05) is 41.9 Å². The van der Waals surface area contributed by atoms with E-state index in [1.54, 1.807) is 18.2 Å². The minimum Gasteiger partial charge on any atom is -0.406 e. The van der Waals surface area contributed by atoms with Crippen LogP contribution in [0.4, 0.5) is 19.0 Å². The molecule has 2 atom stereocenters. The molecule has 0 saturated carbocycles. The first-order valence-corrected chi connectivity index (χ1v) is 14.6. The van der Waals surface area contributed by atoms with Crippen LogP contribution in [0.1, 0.15) is 42.6 Å². The lowest BCUT2D eigenvalue weighted by Gasteiger charge is -2.37. The molecule has 1 amide bonds. The zero-order valence-electron chi connectivity index (χ0n) is 23.6. The van der Waals surface area contributed by atoms with E-state index in [4.69, 9.17) is 16.6 Å². The van der Waals surface area contributed by atoms with E-state index < -0.39 is 6.36 Å². The average Bonchev–Trinajstić information content (AvgIpc) is 2.94. The molecule has 224 valence electrons. The number of rotatable bonds is 7. The number of hydrogen-bond acceptors (Lipinski definition) is 6. The van der Waals surface area contributed by atoms with Crippen molar-refractivity contribution in [2.75, 3.05) is 31.1 Å². The number of piperazine rings is 1. The van der Waals surface area contributed by atoms with Crippen LogP contribution in [0.2, 0.25) is 5.02 Å². The number of halogens is 4. The number of carbonyl (C=O) groups is 1. The normalized spacial score (nSPS) is 20.4. The van der Waals surface area contributed by atoms with E-state index in [9.17, 15) is 18.0 Å². The summed E-state index contributed by atoms with van der Waals surface area (Å²) < 4.78 is 41.4. The molecular formula is C31H35ClF3N5O2. The van der Waals surface area contributed by atoms with Gasteiger partial charge in [0.1, 0.15) is 11.6 Å². The van der Waals surface area contributed by atoms with Crippen molar-refractivity contribution in [3.63, 3.8) is 0 Å². The molecule has 2 aliphatic rings. The van der Waals surface area contributed by atoms with Crippen LogP contribution in [0, 0.1) is 0 Å². The number of nitrogens with one attached hydrogen (secondary N) is 2. The molecule has 0 spiro atoms. The van der Waals surface area contributed by atoms with Crippen molar-refractivity contribution in [1.82, 2.24) is 20.5 Å². The van der Waals surface area contributed by atoms with Crippen LogP contribution in [-0.4, -0.2) is 66.5 Å². The number of anilines is 1. The Morgan fingerprint density at radius 2 is 1.74 bits per heavy atom. The third kappa shape index (κ3) is 7.73. The highest BCUT2D eigenvalue weighted by atomic mass is 35.5. The molecule has 42 heavy (non-hydrogen) atoms. The topological polar surface area (TPSA) is 69.7 Å². The molecule has 0 aliphatic carbocycles. The summed E-state index contributed by atoms with van der Waals surface area (Å²) in [5.74, 6) is 0.416. The molecule has 2 fully saturated rings. The third-order valence-corrected chi connectivity index (χ3v) is 8.07. The zero-order chi connectivity index (χ0) is 29.9. The van der Waals surface area contributed by atoms with Gasteiger partial charge in [0.15, 0.2) is 0 Å². The minimum atomic E-state index is -4.76. The molecular weight excluding hydrogens is 567 g/mol. The SMILES string of the molecule is CC1CN(c2ccc(CN3CCC(NC(=O)c4cccc(-c5ccc(OC(F)(F)F)cc5)c4Cl)CC3)cn2)CC(C)N1. The molecule has 7 nitrogen and oxygen atoms in total. The number of likely N-dealkylation sites (tertiary alicyclic amines) is 1. The second kappa shape index (κ2) is 12.9. The number of amides is 1. The fraction of sp³-hybridized carbons (Fsp3) is 0.419. The number of piperidine rings is 1. The number of carbonyl (C=O) groups excluding carboxylic acids is 1. The first-order chi connectivity index (χ1) is 20.0. The molecule has 2 N–H and O–H groups in total. The van der Waals surface area contributed by atoms with Crippen molar-refractivity contribution in [3.8, 4) is 16.9 Å². The maximum absolute atomic E-state index is 13.1. The Hall–Kier alpha value is -3.34. The van der Waals surface area contributed by atoms with E-state index in [2.05, 4.69) is 51.2 Å². The van der Waals surface area contributed by atoms with Gasteiger partial charge in [0.25, 0.3) is 5.91 Å². The Balaban J connectivity index is 1.13. The summed E-state index contributed by atoms with van der Waals surface area (Å²) in [5, 5.41) is 6.90. The maximum Gasteiger partial charge on any atom is 0.573 e. The summed E-state index contributed by atoms with van der Waals surface area (Å²) in [4.78, 5) is 22.6. The Bertz CT molecular complexity index is 1350. The number of benzene rings is 2. The van der Waals surface area contributed by atoms with Gasteiger partial charge in [-0.15, -0.1) is 13.2 Å². The van der Waals surface area contributed by atoms with E-state index in [0.29, 0.717) is 28.8 Å². The van der Waals surface area contributed by atoms with Crippen molar-refractivity contribution in [2.24, 2.45) is 0 Å². The molecule has 2 unspecified atom stereocenters. The standard InChI is InChI=1S/C31H35ClF3N5O2/c1-20-17-40(18-21(2)37-20)28-11-6-22(16-36-28)19-39-14-12-24(13-15-39)38-30(41)27-5-3-4-26(29(27)32)23-7-9-25(10-8-23)42-31(33,34)35/h3-11,16,20-21,24,37H,12-15,17-19H2,1-2H3,(H,38,41). The first-order valence-electron chi connectivity index (χ1n) is 14.2. The van der Waals surface area contributed by atoms with E-state index in [-0.39, 0.29) is 22.7 Å². The van der Waals surface area contributed by atoms with Gasteiger partial charge in [-0.3, -0.25) is 9.69 Å². The summed E-state index contributed by atoms with van der Waals surface area (Å²) in [7, 11) is 0. The largest absolute Gasteiger partial charge is 0.573 e. The minimum absolute atomic E-state index is 0.0180. The molecule has 0 bridgehead atoms. The van der Waals surface area contributed by atoms with Gasteiger partial charge in [-0.2, -0.15) is 0 Å². The summed E-state index contributed by atoms with van der Waals surface area (Å²) >= 11 is 6.60. The quantitative estimate of drug-likeness (QED) is 0.352. The van der Waals surface area contributed by atoms with E-state index in [0.717, 1.165) is 51.4 Å². The Kier molecular flexibility index (Phi) is 9.25. The lowest BCUT2D eigenvalue weighted by Crippen LogP contribution is -2.54. The summed E-state index contributed by atoms with van der Waals surface area (Å²) in [5.41, 5.74) is 2.63. The predicted molar refractivity (Wildman–Crippen MR) is 158 cm³/mol. The number of alkyl halides is 3. The zero-order valence-corrected chi connectivity index (χ0v) is 24.4. The molecule has 1 aromatic heterocycles. The van der Waals surface area contributed by atoms with Crippen LogP contribution >= 0.6 is 11.6 Å². The van der Waals surface area contributed by atoms with Crippen LogP contribution in [0.15, 0.2) is 60.8 Å². The number of hydrogen-bond donors (Lipinski definition) is 2. The highest BCUT2D eigenvalue weighted by molar-refractivity contribution is 6.36. The first kappa shape index (κ1) is 30.1. The fourth-order valence-electron chi connectivity index (χ4n) is 5.73. The maximum atomic E-state index is 13.1. The number of aromatic nitrogens is 1. The highest BCUT2D eigenvalue weighted by Gasteiger charge is 2.31. The fourth-order valence-corrected chi connectivity index (χ4v) is 6.06. The van der Waals surface area contributed by atoms with Gasteiger partial charge >= 0.3 is 6.36 Å². The third-order valence-electron chi connectivity index (χ3n) is 7.66. The van der Waals surface area contributed by atoms with Gasteiger partial charge in [0.05, 0.1) is 10.6 Å². The second-order valence-electron chi connectivity index (χ2n) is 11.2. The van der Waals surface area contributed by atoms with Crippen LogP contribution in [0.5, 0.6) is 5.75 Å². The molecule has 5 rings (SSSR count). The molecule has 2 saturated heterocycles. The van der Waals surface area contributed by atoms with Crippen LogP contribution in [0.3, 0.4) is 0 Å². The molecule has 3 heterocycles. The lowest BCUT2D eigenvalue weighted by molar-refractivity contribution is -0.274. The molecule has 2 aromatic carbocycles. The van der Waals surface area contributed by atoms with Gasteiger partial charge in [-0.05, 0) is 62.1 Å². The van der Waals surface area contributed by atoms with Crippen LogP contribution in [-0.2, 0) is 6.54 Å². The van der Waals surface area contributed by atoms with Gasteiger partial charge < -0.3 is 20.3 Å². The van der Waals surface area contributed by atoms with Gasteiger partial charge in [0, 0.05) is 62.6 Å². The average molecular weight is 602 g/mol. The smallest absolute Gasteiger partial charge is 0.406 e. The Morgan fingerprint density at radius 3 is 2.36 bits per heavy atom. The number of ether oxygens (including phenoxy) is 1. The Morgan fingerprint density at radius 1 is 1.05 bits per heavy atom. The summed E-state index contributed by atoms with van der Waals surface area (Å²) in [6.45, 7) is 8.77. The van der Waals surface area contributed by atoms with Gasteiger partial charge in [-0.25, -0.2) is 4.98 Å². The molecule has 0 radical (unpaired) electrons. The van der Waals surface area contributed by atoms with Crippen LogP contribution in [0.25, 0.3) is 11.1 Å². The monoisotopic (exact) mass is 601 g/mol. The van der Waals surface area contributed by atoms with Crippen molar-refractivity contribution in [2.45, 2.75) is 57.7 Å². The summed E-state index contributed by atoms with van der Waals surface area (Å²) in [6, 6.07) is 15.6.